The van der Waals surface area contributed by atoms with Crippen molar-refractivity contribution in [2.24, 2.45) is 5.92 Å². The third kappa shape index (κ3) is 9.48. The minimum absolute atomic E-state index is 0.0560. The number of nitrogens with zero attached hydrogens (tertiary/aromatic N) is 2. The summed E-state index contributed by atoms with van der Waals surface area (Å²) >= 11 is 0. The Balaban J connectivity index is 1.56. The molecule has 0 saturated carbocycles. The van der Waals surface area contributed by atoms with Crippen molar-refractivity contribution in [3.63, 3.8) is 0 Å². The molecular formula is C23H36N4O4. The molecule has 1 heterocycles. The summed E-state index contributed by atoms with van der Waals surface area (Å²) in [7, 11) is 2.04. The summed E-state index contributed by atoms with van der Waals surface area (Å²) in [4.78, 5) is 40.3. The van der Waals surface area contributed by atoms with Crippen LogP contribution in [0.15, 0.2) is 30.3 Å². The Kier molecular flexibility index (Phi) is 10.5. The van der Waals surface area contributed by atoms with Gasteiger partial charge in [-0.05, 0) is 37.8 Å². The largest absolute Gasteiger partial charge is 0.385 e. The van der Waals surface area contributed by atoms with Gasteiger partial charge in [0.1, 0.15) is 6.10 Å². The van der Waals surface area contributed by atoms with E-state index in [1.165, 1.54) is 0 Å². The summed E-state index contributed by atoms with van der Waals surface area (Å²) < 4.78 is 0. The van der Waals surface area contributed by atoms with E-state index in [0.717, 1.165) is 31.7 Å². The third-order valence-corrected chi connectivity index (χ3v) is 5.64. The van der Waals surface area contributed by atoms with Crippen molar-refractivity contribution in [1.29, 1.82) is 0 Å². The normalized spacial score (nSPS) is 16.4. The second kappa shape index (κ2) is 13.1. The van der Waals surface area contributed by atoms with Crippen LogP contribution in [0.2, 0.25) is 0 Å². The van der Waals surface area contributed by atoms with Gasteiger partial charge >= 0.3 is 6.03 Å². The molecule has 2 unspecified atom stereocenters. The second-order valence-corrected chi connectivity index (χ2v) is 8.40. The Bertz CT molecular complexity index is 705. The number of amides is 3. The standard InChI is InChI=1S/C23H36N4O4/c1-18(16-25-23(31)27-14-12-26(2)13-15-27)8-11-22(30)24-17-21(29)20(28)10-9-19-6-4-3-5-7-19/h3-7,18,20,28H,8-17H2,1-2H3,(H,24,30)(H,25,31). The summed E-state index contributed by atoms with van der Waals surface area (Å²) in [6, 6.07) is 9.61. The number of likely N-dealkylation sites (N-methyl/N-ethyl adjacent to an activating group) is 1. The lowest BCUT2D eigenvalue weighted by Crippen LogP contribution is -2.51. The Morgan fingerprint density at radius 3 is 2.39 bits per heavy atom. The molecule has 0 aliphatic carbocycles. The zero-order valence-corrected chi connectivity index (χ0v) is 18.7. The Morgan fingerprint density at radius 1 is 1.03 bits per heavy atom. The average Bonchev–Trinajstić information content (AvgIpc) is 2.79. The molecule has 2 atom stereocenters. The monoisotopic (exact) mass is 432 g/mol. The Morgan fingerprint density at radius 2 is 1.71 bits per heavy atom. The fourth-order valence-electron chi connectivity index (χ4n) is 3.36. The molecule has 31 heavy (non-hydrogen) atoms. The predicted molar refractivity (Wildman–Crippen MR) is 120 cm³/mol. The number of Topliss-reactive ketones (excluding diaryl/α,β-unsaturated/α-hetero) is 1. The molecule has 1 aromatic rings. The Hall–Kier alpha value is -2.45. The molecule has 3 N–H and O–H groups in total. The van der Waals surface area contributed by atoms with E-state index in [9.17, 15) is 19.5 Å². The summed E-state index contributed by atoms with van der Waals surface area (Å²) in [5.74, 6) is -0.452. The number of carbonyl (C=O) groups excluding carboxylic acids is 3. The van der Waals surface area contributed by atoms with E-state index in [1.807, 2.05) is 49.2 Å². The van der Waals surface area contributed by atoms with E-state index in [0.29, 0.717) is 25.8 Å². The highest BCUT2D eigenvalue weighted by Crippen LogP contribution is 2.07. The van der Waals surface area contributed by atoms with Crippen molar-refractivity contribution < 1.29 is 19.5 Å². The second-order valence-electron chi connectivity index (χ2n) is 8.40. The zero-order chi connectivity index (χ0) is 22.6. The molecule has 8 nitrogen and oxygen atoms in total. The number of aryl methyl sites for hydroxylation is 1. The molecule has 172 valence electrons. The molecule has 1 saturated heterocycles. The fraction of sp³-hybridized carbons (Fsp3) is 0.609. The van der Waals surface area contributed by atoms with Gasteiger partial charge in [0.2, 0.25) is 5.91 Å². The van der Waals surface area contributed by atoms with Crippen LogP contribution in [-0.2, 0) is 16.0 Å². The molecule has 2 rings (SSSR count). The van der Waals surface area contributed by atoms with Gasteiger partial charge in [-0.15, -0.1) is 0 Å². The van der Waals surface area contributed by atoms with E-state index in [2.05, 4.69) is 15.5 Å². The van der Waals surface area contributed by atoms with E-state index >= 15 is 0 Å². The van der Waals surface area contributed by atoms with Crippen LogP contribution in [0.1, 0.15) is 31.7 Å². The predicted octanol–water partition coefficient (Wildman–Crippen LogP) is 1.04. The molecule has 0 spiro atoms. The summed E-state index contributed by atoms with van der Waals surface area (Å²) in [5.41, 5.74) is 1.06. The molecule has 0 aromatic heterocycles. The maximum atomic E-state index is 12.2. The van der Waals surface area contributed by atoms with Crippen molar-refractivity contribution in [2.45, 2.75) is 38.7 Å². The van der Waals surface area contributed by atoms with Crippen molar-refractivity contribution in [3.8, 4) is 0 Å². The smallest absolute Gasteiger partial charge is 0.317 e. The number of rotatable bonds is 11. The van der Waals surface area contributed by atoms with Gasteiger partial charge in [0.25, 0.3) is 0 Å². The molecular weight excluding hydrogens is 396 g/mol. The van der Waals surface area contributed by atoms with Gasteiger partial charge in [-0.3, -0.25) is 9.59 Å². The van der Waals surface area contributed by atoms with Crippen LogP contribution in [0.25, 0.3) is 0 Å². The number of hydrogen-bond acceptors (Lipinski definition) is 5. The van der Waals surface area contributed by atoms with Gasteiger partial charge in [-0.25, -0.2) is 4.79 Å². The van der Waals surface area contributed by atoms with Crippen LogP contribution in [0.4, 0.5) is 4.79 Å². The highest BCUT2D eigenvalue weighted by Gasteiger charge is 2.19. The van der Waals surface area contributed by atoms with Gasteiger partial charge in [0.05, 0.1) is 6.54 Å². The first-order valence-electron chi connectivity index (χ1n) is 11.1. The van der Waals surface area contributed by atoms with E-state index in [-0.39, 0.29) is 36.6 Å². The van der Waals surface area contributed by atoms with Crippen LogP contribution in [0.5, 0.6) is 0 Å². The maximum Gasteiger partial charge on any atom is 0.317 e. The number of ketones is 1. The minimum atomic E-state index is -1.08. The molecule has 0 radical (unpaired) electrons. The molecule has 8 heteroatoms. The fourth-order valence-corrected chi connectivity index (χ4v) is 3.36. The quantitative estimate of drug-likeness (QED) is 0.485. The topological polar surface area (TPSA) is 102 Å². The minimum Gasteiger partial charge on any atom is -0.385 e. The number of nitrogens with one attached hydrogen (secondary N) is 2. The lowest BCUT2D eigenvalue weighted by molar-refractivity contribution is -0.129. The first-order chi connectivity index (χ1) is 14.8. The zero-order valence-electron chi connectivity index (χ0n) is 18.7. The first-order valence-corrected chi connectivity index (χ1v) is 11.1. The molecule has 1 aliphatic heterocycles. The molecule has 3 amide bonds. The van der Waals surface area contributed by atoms with Crippen LogP contribution >= 0.6 is 0 Å². The number of aliphatic hydroxyl groups excluding tert-OH is 1. The number of hydrogen-bond donors (Lipinski definition) is 3. The number of aliphatic hydroxyl groups is 1. The van der Waals surface area contributed by atoms with Crippen molar-refractivity contribution in [3.05, 3.63) is 35.9 Å². The summed E-state index contributed by atoms with van der Waals surface area (Å²) in [5, 5.41) is 15.5. The number of urea groups is 1. The van der Waals surface area contributed by atoms with Crippen molar-refractivity contribution in [2.75, 3.05) is 46.3 Å². The Labute approximate surface area is 185 Å². The van der Waals surface area contributed by atoms with E-state index in [4.69, 9.17) is 0 Å². The van der Waals surface area contributed by atoms with Gasteiger partial charge in [-0.2, -0.15) is 0 Å². The van der Waals surface area contributed by atoms with E-state index < -0.39 is 6.10 Å². The highest BCUT2D eigenvalue weighted by molar-refractivity contribution is 5.88. The van der Waals surface area contributed by atoms with Gasteiger partial charge < -0.3 is 25.5 Å². The van der Waals surface area contributed by atoms with Crippen LogP contribution in [0, 0.1) is 5.92 Å². The van der Waals surface area contributed by atoms with Gasteiger partial charge in [0, 0.05) is 39.1 Å². The van der Waals surface area contributed by atoms with Gasteiger partial charge in [-0.1, -0.05) is 37.3 Å². The first kappa shape index (κ1) is 24.8. The summed E-state index contributed by atoms with van der Waals surface area (Å²) in [6.07, 6.45) is 0.754. The summed E-state index contributed by atoms with van der Waals surface area (Å²) in [6.45, 7) is 5.54. The van der Waals surface area contributed by atoms with Crippen LogP contribution < -0.4 is 10.6 Å². The lowest BCUT2D eigenvalue weighted by atomic mass is 10.0. The van der Waals surface area contributed by atoms with Gasteiger partial charge in [0.15, 0.2) is 5.78 Å². The SMILES string of the molecule is CC(CCC(=O)NCC(=O)C(O)CCc1ccccc1)CNC(=O)N1CCN(C)CC1. The van der Waals surface area contributed by atoms with E-state index in [1.54, 1.807) is 0 Å². The van der Waals surface area contributed by atoms with Crippen molar-refractivity contribution in [1.82, 2.24) is 20.4 Å². The molecule has 1 fully saturated rings. The maximum absolute atomic E-state index is 12.2. The van der Waals surface area contributed by atoms with Crippen LogP contribution in [-0.4, -0.2) is 85.0 Å². The number of benzene rings is 1. The molecule has 1 aliphatic rings. The highest BCUT2D eigenvalue weighted by atomic mass is 16.3. The molecule has 1 aromatic carbocycles. The molecule has 0 bridgehead atoms. The van der Waals surface area contributed by atoms with Crippen LogP contribution in [0.3, 0.4) is 0 Å². The number of piperazine rings is 1. The third-order valence-electron chi connectivity index (χ3n) is 5.64. The van der Waals surface area contributed by atoms with Crippen molar-refractivity contribution >= 4 is 17.7 Å². The number of carbonyl (C=O) groups is 3. The average molecular weight is 433 g/mol. The lowest BCUT2D eigenvalue weighted by Gasteiger charge is -2.32.